The highest BCUT2D eigenvalue weighted by Gasteiger charge is 2.15. The summed E-state index contributed by atoms with van der Waals surface area (Å²) < 4.78 is 1.50. The molecule has 138 valence electrons. The second-order valence-corrected chi connectivity index (χ2v) is 7.12. The van der Waals surface area contributed by atoms with Gasteiger partial charge < -0.3 is 5.32 Å². The molecule has 0 saturated heterocycles. The van der Waals surface area contributed by atoms with Crippen molar-refractivity contribution in [2.24, 2.45) is 0 Å². The first kappa shape index (κ1) is 18.4. The fourth-order valence-electron chi connectivity index (χ4n) is 3.41. The first-order valence-electron chi connectivity index (χ1n) is 9.56. The molecular formula is C21H27N3O2. The van der Waals surface area contributed by atoms with Crippen LogP contribution in [0.5, 0.6) is 0 Å². The SMILES string of the molecule is CCc1ccc(C(=O)N[C@H](C)Cn2nc3c(cc2=O)CCCCC3)cc1. The molecule has 0 radical (unpaired) electrons. The zero-order valence-corrected chi connectivity index (χ0v) is 15.6. The van der Waals surface area contributed by atoms with Gasteiger partial charge in [0.1, 0.15) is 0 Å². The molecule has 0 bridgehead atoms. The average Bonchev–Trinajstić information content (AvgIpc) is 2.87. The van der Waals surface area contributed by atoms with Gasteiger partial charge in [-0.1, -0.05) is 25.5 Å². The number of nitrogens with zero attached hydrogens (tertiary/aromatic N) is 2. The summed E-state index contributed by atoms with van der Waals surface area (Å²) in [6.45, 7) is 4.37. The molecule has 5 heteroatoms. The van der Waals surface area contributed by atoms with Crippen LogP contribution in [0.25, 0.3) is 0 Å². The molecule has 1 aliphatic carbocycles. The summed E-state index contributed by atoms with van der Waals surface area (Å²) in [5.74, 6) is -0.122. The minimum atomic E-state index is -0.178. The lowest BCUT2D eigenvalue weighted by Gasteiger charge is -2.16. The van der Waals surface area contributed by atoms with Gasteiger partial charge in [-0.25, -0.2) is 4.68 Å². The topological polar surface area (TPSA) is 64.0 Å². The summed E-state index contributed by atoms with van der Waals surface area (Å²) in [6.07, 6.45) is 6.26. The average molecular weight is 353 g/mol. The van der Waals surface area contributed by atoms with Crippen LogP contribution >= 0.6 is 0 Å². The number of hydrogen-bond donors (Lipinski definition) is 1. The van der Waals surface area contributed by atoms with Crippen LogP contribution in [-0.2, 0) is 25.8 Å². The van der Waals surface area contributed by atoms with Gasteiger partial charge in [0.05, 0.1) is 12.2 Å². The van der Waals surface area contributed by atoms with E-state index in [2.05, 4.69) is 17.3 Å². The molecule has 1 N–H and O–H groups in total. The molecule has 0 saturated carbocycles. The van der Waals surface area contributed by atoms with Crippen molar-refractivity contribution in [3.8, 4) is 0 Å². The molecule has 1 heterocycles. The Morgan fingerprint density at radius 1 is 1.19 bits per heavy atom. The van der Waals surface area contributed by atoms with Crippen LogP contribution in [0.1, 0.15) is 60.3 Å². The van der Waals surface area contributed by atoms with Gasteiger partial charge in [-0.2, -0.15) is 5.10 Å². The van der Waals surface area contributed by atoms with Gasteiger partial charge in [0.25, 0.3) is 11.5 Å². The van der Waals surface area contributed by atoms with Crippen LogP contribution in [-0.4, -0.2) is 21.7 Å². The van der Waals surface area contributed by atoms with E-state index in [-0.39, 0.29) is 17.5 Å². The Morgan fingerprint density at radius 3 is 2.65 bits per heavy atom. The number of carbonyl (C=O) groups excluding carboxylic acids is 1. The predicted molar refractivity (Wildman–Crippen MR) is 103 cm³/mol. The first-order chi connectivity index (χ1) is 12.6. The number of aromatic nitrogens is 2. The molecule has 26 heavy (non-hydrogen) atoms. The van der Waals surface area contributed by atoms with Gasteiger partial charge in [-0.15, -0.1) is 0 Å². The van der Waals surface area contributed by atoms with E-state index in [0.717, 1.165) is 43.4 Å². The number of hydrogen-bond acceptors (Lipinski definition) is 3. The Kier molecular flexibility index (Phi) is 5.86. The van der Waals surface area contributed by atoms with Crippen molar-refractivity contribution in [3.63, 3.8) is 0 Å². The minimum Gasteiger partial charge on any atom is -0.348 e. The number of rotatable bonds is 5. The van der Waals surface area contributed by atoms with Gasteiger partial charge >= 0.3 is 0 Å². The number of carbonyl (C=O) groups is 1. The summed E-state index contributed by atoms with van der Waals surface area (Å²) in [5, 5.41) is 7.53. The van der Waals surface area contributed by atoms with Gasteiger partial charge in [0, 0.05) is 17.7 Å². The van der Waals surface area contributed by atoms with E-state index >= 15 is 0 Å². The maximum Gasteiger partial charge on any atom is 0.267 e. The van der Waals surface area contributed by atoms with E-state index in [1.807, 2.05) is 31.2 Å². The van der Waals surface area contributed by atoms with E-state index in [1.54, 1.807) is 6.07 Å². The van der Waals surface area contributed by atoms with Gasteiger partial charge in [-0.05, 0) is 62.3 Å². The lowest BCUT2D eigenvalue weighted by atomic mass is 10.1. The Morgan fingerprint density at radius 2 is 1.92 bits per heavy atom. The van der Waals surface area contributed by atoms with Crippen molar-refractivity contribution in [1.82, 2.24) is 15.1 Å². The largest absolute Gasteiger partial charge is 0.348 e. The molecule has 1 amide bonds. The van der Waals surface area contributed by atoms with Gasteiger partial charge in [-0.3, -0.25) is 9.59 Å². The fourth-order valence-corrected chi connectivity index (χ4v) is 3.41. The number of fused-ring (bicyclic) bond motifs is 1. The highest BCUT2D eigenvalue weighted by Crippen LogP contribution is 2.16. The van der Waals surface area contributed by atoms with Gasteiger partial charge in [0.15, 0.2) is 0 Å². The molecule has 5 nitrogen and oxygen atoms in total. The molecule has 2 aromatic rings. The van der Waals surface area contributed by atoms with E-state index in [1.165, 1.54) is 16.7 Å². The molecule has 1 aliphatic rings. The monoisotopic (exact) mass is 353 g/mol. The smallest absolute Gasteiger partial charge is 0.267 e. The molecule has 0 aliphatic heterocycles. The summed E-state index contributed by atoms with van der Waals surface area (Å²) in [7, 11) is 0. The second kappa shape index (κ2) is 8.30. The normalized spacial score (nSPS) is 15.0. The third-order valence-corrected chi connectivity index (χ3v) is 4.97. The third kappa shape index (κ3) is 4.40. The molecule has 3 rings (SSSR count). The van der Waals surface area contributed by atoms with Crippen LogP contribution in [0, 0.1) is 0 Å². The molecule has 1 aromatic carbocycles. The maximum absolute atomic E-state index is 12.4. The molecule has 1 aromatic heterocycles. The zero-order chi connectivity index (χ0) is 18.5. The van der Waals surface area contributed by atoms with E-state index in [0.29, 0.717) is 12.1 Å². The summed E-state index contributed by atoms with van der Waals surface area (Å²) in [4.78, 5) is 24.7. The van der Waals surface area contributed by atoms with Crippen molar-refractivity contribution in [2.75, 3.05) is 0 Å². The van der Waals surface area contributed by atoms with E-state index < -0.39 is 0 Å². The number of amides is 1. The maximum atomic E-state index is 12.4. The summed E-state index contributed by atoms with van der Waals surface area (Å²) in [5.41, 5.74) is 3.89. The van der Waals surface area contributed by atoms with Crippen LogP contribution < -0.4 is 10.9 Å². The van der Waals surface area contributed by atoms with Gasteiger partial charge in [0.2, 0.25) is 0 Å². The van der Waals surface area contributed by atoms with Crippen LogP contribution in [0.2, 0.25) is 0 Å². The van der Waals surface area contributed by atoms with Crippen LogP contribution in [0.15, 0.2) is 35.1 Å². The Hall–Kier alpha value is -2.43. The lowest BCUT2D eigenvalue weighted by molar-refractivity contribution is 0.0935. The van der Waals surface area contributed by atoms with E-state index in [9.17, 15) is 9.59 Å². The molecule has 1 atom stereocenters. The Balaban J connectivity index is 1.67. The minimum absolute atomic E-state index is 0.0842. The molecule has 0 spiro atoms. The second-order valence-electron chi connectivity index (χ2n) is 7.12. The Labute approximate surface area is 154 Å². The van der Waals surface area contributed by atoms with E-state index in [4.69, 9.17) is 0 Å². The highest BCUT2D eigenvalue weighted by atomic mass is 16.2. The van der Waals surface area contributed by atoms with Crippen molar-refractivity contribution >= 4 is 5.91 Å². The number of aryl methyl sites for hydroxylation is 3. The summed E-state index contributed by atoms with van der Waals surface area (Å²) in [6, 6.07) is 9.17. The van der Waals surface area contributed by atoms with Crippen LogP contribution in [0.4, 0.5) is 0 Å². The molecule has 0 fully saturated rings. The predicted octanol–water partition coefficient (Wildman–Crippen LogP) is 2.89. The van der Waals surface area contributed by atoms with Crippen molar-refractivity contribution in [1.29, 1.82) is 0 Å². The van der Waals surface area contributed by atoms with Crippen molar-refractivity contribution < 1.29 is 4.79 Å². The lowest BCUT2D eigenvalue weighted by Crippen LogP contribution is -2.39. The number of benzene rings is 1. The van der Waals surface area contributed by atoms with Crippen LogP contribution in [0.3, 0.4) is 0 Å². The first-order valence-corrected chi connectivity index (χ1v) is 9.56. The fraction of sp³-hybridized carbons (Fsp3) is 0.476. The standard InChI is InChI=1S/C21H27N3O2/c1-3-16-9-11-17(12-10-16)21(26)22-15(2)14-24-20(25)13-18-7-5-4-6-8-19(18)23-24/h9-13,15H,3-8,14H2,1-2H3,(H,22,26)/t15-/m1/s1. The third-order valence-electron chi connectivity index (χ3n) is 4.97. The van der Waals surface area contributed by atoms with Crippen molar-refractivity contribution in [2.45, 2.75) is 65.0 Å². The highest BCUT2D eigenvalue weighted by molar-refractivity contribution is 5.94. The molecular weight excluding hydrogens is 326 g/mol. The quantitative estimate of drug-likeness (QED) is 0.841. The summed E-state index contributed by atoms with van der Waals surface area (Å²) >= 11 is 0. The zero-order valence-electron chi connectivity index (χ0n) is 15.6. The number of nitrogens with one attached hydrogen (secondary N) is 1. The van der Waals surface area contributed by atoms with Crippen molar-refractivity contribution in [3.05, 3.63) is 63.1 Å². The Bertz CT molecular complexity index is 824. The molecule has 0 unspecified atom stereocenters.